The maximum absolute atomic E-state index is 12.1. The molecular formula is C16H23N3O5. The molecule has 4 N–H and O–H groups in total. The Bertz CT molecular complexity index is 628. The average Bonchev–Trinajstić information content (AvgIpc) is 2.44. The second-order valence-corrected chi connectivity index (χ2v) is 5.95. The number of rotatable bonds is 7. The Kier molecular flexibility index (Phi) is 6.58. The maximum Gasteiger partial charge on any atom is 0.319 e. The molecule has 0 heterocycles. The number of aliphatic carboxylic acids is 1. The Morgan fingerprint density at radius 1 is 1.21 bits per heavy atom. The van der Waals surface area contributed by atoms with Crippen molar-refractivity contribution in [3.63, 3.8) is 0 Å². The number of amides is 3. The fraction of sp³-hybridized carbons (Fsp3) is 0.438. The van der Waals surface area contributed by atoms with E-state index in [0.29, 0.717) is 23.5 Å². The molecule has 24 heavy (non-hydrogen) atoms. The summed E-state index contributed by atoms with van der Waals surface area (Å²) in [5, 5.41) is 16.7. The van der Waals surface area contributed by atoms with Gasteiger partial charge in [0.2, 0.25) is 5.91 Å². The molecule has 3 amide bonds. The van der Waals surface area contributed by atoms with Crippen molar-refractivity contribution in [1.82, 2.24) is 5.32 Å². The van der Waals surface area contributed by atoms with Crippen LogP contribution in [-0.4, -0.2) is 35.7 Å². The number of ether oxygens (including phenoxy) is 1. The number of carbonyl (C=O) groups is 3. The third-order valence-corrected chi connectivity index (χ3v) is 3.18. The van der Waals surface area contributed by atoms with Crippen molar-refractivity contribution in [2.75, 3.05) is 17.7 Å². The normalized spacial score (nSPS) is 10.7. The molecule has 1 aromatic carbocycles. The molecule has 0 aliphatic rings. The molecule has 0 bridgehead atoms. The molecule has 0 aromatic heterocycles. The van der Waals surface area contributed by atoms with E-state index < -0.39 is 17.5 Å². The molecule has 8 heteroatoms. The summed E-state index contributed by atoms with van der Waals surface area (Å²) in [6, 6.07) is 4.36. The topological polar surface area (TPSA) is 117 Å². The van der Waals surface area contributed by atoms with Gasteiger partial charge in [0.1, 0.15) is 5.75 Å². The van der Waals surface area contributed by atoms with Crippen LogP contribution in [0.3, 0.4) is 0 Å². The van der Waals surface area contributed by atoms with Crippen molar-refractivity contribution < 1.29 is 24.2 Å². The first-order chi connectivity index (χ1) is 11.1. The molecule has 0 saturated heterocycles. The van der Waals surface area contributed by atoms with E-state index in [4.69, 9.17) is 9.84 Å². The molecule has 0 spiro atoms. The van der Waals surface area contributed by atoms with E-state index in [1.165, 1.54) is 14.0 Å². The van der Waals surface area contributed by atoms with Crippen LogP contribution in [0.5, 0.6) is 5.75 Å². The van der Waals surface area contributed by atoms with Gasteiger partial charge >= 0.3 is 12.0 Å². The van der Waals surface area contributed by atoms with Crippen molar-refractivity contribution in [3.8, 4) is 5.75 Å². The molecule has 0 unspecified atom stereocenters. The van der Waals surface area contributed by atoms with Crippen molar-refractivity contribution in [2.24, 2.45) is 0 Å². The quantitative estimate of drug-likeness (QED) is 0.609. The highest BCUT2D eigenvalue weighted by atomic mass is 16.5. The molecule has 0 atom stereocenters. The summed E-state index contributed by atoms with van der Waals surface area (Å²) in [7, 11) is 1.48. The summed E-state index contributed by atoms with van der Waals surface area (Å²) in [5.74, 6) is -0.706. The van der Waals surface area contributed by atoms with E-state index in [0.717, 1.165) is 0 Å². The van der Waals surface area contributed by atoms with Crippen molar-refractivity contribution in [2.45, 2.75) is 39.2 Å². The van der Waals surface area contributed by atoms with Crippen LogP contribution in [0.4, 0.5) is 16.2 Å². The number of anilines is 2. The molecule has 0 aliphatic heterocycles. The maximum atomic E-state index is 12.1. The van der Waals surface area contributed by atoms with Crippen LogP contribution in [0.25, 0.3) is 0 Å². The second-order valence-electron chi connectivity index (χ2n) is 5.95. The lowest BCUT2D eigenvalue weighted by atomic mass is 9.99. The number of hydrogen-bond acceptors (Lipinski definition) is 4. The van der Waals surface area contributed by atoms with Gasteiger partial charge in [0.05, 0.1) is 12.8 Å². The minimum Gasteiger partial charge on any atom is -0.495 e. The third-order valence-electron chi connectivity index (χ3n) is 3.18. The number of urea groups is 1. The van der Waals surface area contributed by atoms with Crippen molar-refractivity contribution >= 4 is 29.3 Å². The molecule has 1 aromatic rings. The third kappa shape index (κ3) is 6.55. The highest BCUT2D eigenvalue weighted by Crippen LogP contribution is 2.27. The first-order valence-electron chi connectivity index (χ1n) is 7.39. The lowest BCUT2D eigenvalue weighted by molar-refractivity contribution is -0.137. The molecule has 1 rings (SSSR count). The summed E-state index contributed by atoms with van der Waals surface area (Å²) >= 11 is 0. The number of carbonyl (C=O) groups excluding carboxylic acids is 2. The van der Waals surface area contributed by atoms with E-state index in [9.17, 15) is 14.4 Å². The second kappa shape index (κ2) is 8.19. The van der Waals surface area contributed by atoms with E-state index in [-0.39, 0.29) is 12.3 Å². The molecular weight excluding hydrogens is 314 g/mol. The van der Waals surface area contributed by atoms with Gasteiger partial charge in [-0.05, 0) is 38.5 Å². The van der Waals surface area contributed by atoms with Gasteiger partial charge in [-0.2, -0.15) is 0 Å². The van der Waals surface area contributed by atoms with E-state index in [1.807, 2.05) is 0 Å². The van der Waals surface area contributed by atoms with E-state index >= 15 is 0 Å². The Morgan fingerprint density at radius 3 is 2.42 bits per heavy atom. The van der Waals surface area contributed by atoms with Gasteiger partial charge in [0.25, 0.3) is 0 Å². The Hall–Kier alpha value is -2.77. The number of nitrogens with one attached hydrogen (secondary N) is 3. The number of hydrogen-bond donors (Lipinski definition) is 4. The molecule has 132 valence electrons. The first kappa shape index (κ1) is 19.3. The molecule has 0 fully saturated rings. The van der Waals surface area contributed by atoms with Gasteiger partial charge < -0.3 is 25.8 Å². The fourth-order valence-electron chi connectivity index (χ4n) is 2.02. The van der Waals surface area contributed by atoms with Crippen LogP contribution in [0.1, 0.15) is 33.6 Å². The number of carboxylic acids is 1. The average molecular weight is 337 g/mol. The largest absolute Gasteiger partial charge is 0.495 e. The van der Waals surface area contributed by atoms with E-state index in [2.05, 4.69) is 16.0 Å². The predicted molar refractivity (Wildman–Crippen MR) is 90.4 cm³/mol. The Morgan fingerprint density at radius 2 is 1.88 bits per heavy atom. The number of carboxylic acid groups (broad SMARTS) is 1. The summed E-state index contributed by atoms with van der Waals surface area (Å²) in [6.07, 6.45) is 0.262. The summed E-state index contributed by atoms with van der Waals surface area (Å²) in [5.41, 5.74) is 0.231. The monoisotopic (exact) mass is 337 g/mol. The van der Waals surface area contributed by atoms with Gasteiger partial charge in [-0.1, -0.05) is 0 Å². The van der Waals surface area contributed by atoms with Crippen LogP contribution in [0, 0.1) is 0 Å². The SMILES string of the molecule is COc1ccc(NC(=O)NC(C)(C)CCC(=O)O)cc1NC(C)=O. The first-order valence-corrected chi connectivity index (χ1v) is 7.39. The highest BCUT2D eigenvalue weighted by molar-refractivity contribution is 5.94. The zero-order valence-electron chi connectivity index (χ0n) is 14.2. The van der Waals surface area contributed by atoms with Crippen LogP contribution >= 0.6 is 0 Å². The van der Waals surface area contributed by atoms with Crippen LogP contribution in [-0.2, 0) is 9.59 Å². The Labute approximate surface area is 140 Å². The fourth-order valence-corrected chi connectivity index (χ4v) is 2.02. The van der Waals surface area contributed by atoms with Gasteiger partial charge in [0, 0.05) is 24.6 Å². The van der Waals surface area contributed by atoms with E-state index in [1.54, 1.807) is 32.0 Å². The standard InChI is InChI=1S/C16H23N3O5/c1-10(20)17-12-9-11(5-6-13(12)24-4)18-15(23)19-16(2,3)8-7-14(21)22/h5-6,9H,7-8H2,1-4H3,(H,17,20)(H,21,22)(H2,18,19,23). The smallest absolute Gasteiger partial charge is 0.319 e. The summed E-state index contributed by atoms with van der Waals surface area (Å²) in [6.45, 7) is 4.86. The lowest BCUT2D eigenvalue weighted by Gasteiger charge is -2.25. The molecule has 0 saturated carbocycles. The minimum absolute atomic E-state index is 0.0392. The zero-order chi connectivity index (χ0) is 18.3. The summed E-state index contributed by atoms with van der Waals surface area (Å²) in [4.78, 5) is 33.9. The van der Waals surface area contributed by atoms with Crippen molar-refractivity contribution in [3.05, 3.63) is 18.2 Å². The highest BCUT2D eigenvalue weighted by Gasteiger charge is 2.21. The number of benzene rings is 1. The zero-order valence-corrected chi connectivity index (χ0v) is 14.2. The van der Waals surface area contributed by atoms with Gasteiger partial charge in [-0.15, -0.1) is 0 Å². The predicted octanol–water partition coefficient (Wildman–Crippen LogP) is 2.42. The van der Waals surface area contributed by atoms with Gasteiger partial charge in [-0.25, -0.2) is 4.79 Å². The Balaban J connectivity index is 2.76. The minimum atomic E-state index is -0.916. The molecule has 0 aliphatic carbocycles. The van der Waals surface area contributed by atoms with Crippen molar-refractivity contribution in [1.29, 1.82) is 0 Å². The number of methoxy groups -OCH3 is 1. The van der Waals surface area contributed by atoms with Crippen LogP contribution in [0.2, 0.25) is 0 Å². The van der Waals surface area contributed by atoms with Crippen LogP contribution < -0.4 is 20.7 Å². The molecule has 8 nitrogen and oxygen atoms in total. The summed E-state index contributed by atoms with van der Waals surface area (Å²) < 4.78 is 5.14. The van der Waals surface area contributed by atoms with Crippen LogP contribution in [0.15, 0.2) is 18.2 Å². The van der Waals surface area contributed by atoms with Gasteiger partial charge in [0.15, 0.2) is 0 Å². The molecule has 0 radical (unpaired) electrons. The lowest BCUT2D eigenvalue weighted by Crippen LogP contribution is -2.45. The van der Waals surface area contributed by atoms with Gasteiger partial charge in [-0.3, -0.25) is 9.59 Å².